The van der Waals surface area contributed by atoms with E-state index in [0.717, 1.165) is 38.2 Å². The maximum absolute atomic E-state index is 14.5. The zero-order chi connectivity index (χ0) is 22.5. The number of ether oxygens (including phenoxy) is 2. The molecule has 30 heavy (non-hydrogen) atoms. The number of hydrogen-bond donors (Lipinski definition) is 0. The van der Waals surface area contributed by atoms with Crippen LogP contribution in [0.1, 0.15) is 55.9 Å². The lowest BCUT2D eigenvalue weighted by molar-refractivity contribution is -0.276. The summed E-state index contributed by atoms with van der Waals surface area (Å²) in [5, 5.41) is 0. The summed E-state index contributed by atoms with van der Waals surface area (Å²) >= 11 is 0. The third-order valence-corrected chi connectivity index (χ3v) is 4.39. The second kappa shape index (κ2) is 9.68. The summed E-state index contributed by atoms with van der Waals surface area (Å²) < 4.78 is 101. The van der Waals surface area contributed by atoms with Crippen molar-refractivity contribution in [3.63, 3.8) is 0 Å². The van der Waals surface area contributed by atoms with Gasteiger partial charge in [-0.1, -0.05) is 44.0 Å². The molecule has 2 aromatic rings. The van der Waals surface area contributed by atoms with Gasteiger partial charge in [0.15, 0.2) is 11.6 Å². The Kier molecular flexibility index (Phi) is 7.74. The van der Waals surface area contributed by atoms with Crippen LogP contribution in [0.2, 0.25) is 0 Å². The average Bonchev–Trinajstić information content (AvgIpc) is 2.64. The smallest absolute Gasteiger partial charge is 0.399 e. The lowest BCUT2D eigenvalue weighted by Crippen LogP contribution is -2.21. The van der Waals surface area contributed by atoms with E-state index >= 15 is 0 Å². The molecular weight excluding hydrogens is 417 g/mol. The molecule has 0 heterocycles. The van der Waals surface area contributed by atoms with Gasteiger partial charge >= 0.3 is 12.5 Å². The molecule has 166 valence electrons. The van der Waals surface area contributed by atoms with Gasteiger partial charge in [-0.2, -0.15) is 8.78 Å². The molecule has 0 saturated carbocycles. The summed E-state index contributed by atoms with van der Waals surface area (Å²) in [6.07, 6.45) is -6.86. The van der Waals surface area contributed by atoms with E-state index in [1.807, 2.05) is 0 Å². The van der Waals surface area contributed by atoms with E-state index in [-0.39, 0.29) is 0 Å². The molecule has 0 amide bonds. The Balaban J connectivity index is 2.13. The van der Waals surface area contributed by atoms with Crippen LogP contribution in [-0.4, -0.2) is 6.36 Å². The fourth-order valence-electron chi connectivity index (χ4n) is 2.83. The minimum atomic E-state index is -5.30. The fourth-order valence-corrected chi connectivity index (χ4v) is 2.83. The van der Waals surface area contributed by atoms with Crippen LogP contribution in [0, 0.1) is 11.6 Å². The third-order valence-electron chi connectivity index (χ3n) is 4.39. The summed E-state index contributed by atoms with van der Waals surface area (Å²) in [6, 6.07) is 6.43. The van der Waals surface area contributed by atoms with Crippen molar-refractivity contribution >= 4 is 0 Å². The molecule has 0 bridgehead atoms. The van der Waals surface area contributed by atoms with Crippen molar-refractivity contribution in [1.29, 1.82) is 0 Å². The Morgan fingerprint density at radius 2 is 1.47 bits per heavy atom. The van der Waals surface area contributed by atoms with Crippen LogP contribution in [0.3, 0.4) is 0 Å². The molecule has 0 saturated heterocycles. The predicted molar refractivity (Wildman–Crippen MR) is 96.1 cm³/mol. The Morgan fingerprint density at radius 1 is 0.900 bits per heavy atom. The van der Waals surface area contributed by atoms with Crippen LogP contribution in [-0.2, 0) is 17.3 Å². The lowest BCUT2D eigenvalue weighted by Gasteiger charge is -2.23. The number of alkyl halides is 5. The number of halogens is 7. The zero-order valence-electron chi connectivity index (χ0n) is 16.3. The van der Waals surface area contributed by atoms with E-state index in [4.69, 9.17) is 0 Å². The molecule has 0 aliphatic rings. The predicted octanol–water partition coefficient (Wildman–Crippen LogP) is 7.42. The number of rotatable bonds is 9. The molecule has 0 aliphatic heterocycles. The standard InChI is InChI=1S/C21H21F7O2/c1-3-4-5-6-14-7-9-16(10-8-14)20(24,25)29-13(2)15-11-17(22)19(18(23)12-15)30-21(26,27)28/h7-13H,3-6H2,1-2H3. The van der Waals surface area contributed by atoms with Crippen LogP contribution >= 0.6 is 0 Å². The molecule has 0 radical (unpaired) electrons. The van der Waals surface area contributed by atoms with Crippen LogP contribution in [0.25, 0.3) is 0 Å². The largest absolute Gasteiger partial charge is 0.573 e. The first-order valence-corrected chi connectivity index (χ1v) is 9.32. The van der Waals surface area contributed by atoms with Crippen molar-refractivity contribution < 1.29 is 40.2 Å². The van der Waals surface area contributed by atoms with Crippen LogP contribution in [0.4, 0.5) is 30.7 Å². The summed E-state index contributed by atoms with van der Waals surface area (Å²) in [6.45, 7) is 3.16. The van der Waals surface area contributed by atoms with Crippen molar-refractivity contribution in [2.75, 3.05) is 0 Å². The van der Waals surface area contributed by atoms with Gasteiger partial charge in [-0.15, -0.1) is 13.2 Å². The topological polar surface area (TPSA) is 18.5 Å². The molecule has 9 heteroatoms. The molecule has 2 nitrogen and oxygen atoms in total. The number of unbranched alkanes of at least 4 members (excludes halogenated alkanes) is 2. The van der Waals surface area contributed by atoms with Gasteiger partial charge in [0.2, 0.25) is 5.75 Å². The van der Waals surface area contributed by atoms with Crippen molar-refractivity contribution in [1.82, 2.24) is 0 Å². The minimum absolute atomic E-state index is 0.407. The third kappa shape index (κ3) is 6.62. The fraction of sp³-hybridized carbons (Fsp3) is 0.429. The second-order valence-electron chi connectivity index (χ2n) is 6.79. The average molecular weight is 438 g/mol. The molecule has 0 aliphatic carbocycles. The first-order chi connectivity index (χ1) is 13.9. The molecule has 0 N–H and O–H groups in total. The van der Waals surface area contributed by atoms with E-state index in [9.17, 15) is 30.7 Å². The summed E-state index contributed by atoms with van der Waals surface area (Å²) in [4.78, 5) is 0. The van der Waals surface area contributed by atoms with Gasteiger partial charge < -0.3 is 9.47 Å². The van der Waals surface area contributed by atoms with Gasteiger partial charge in [-0.05, 0) is 43.0 Å². The number of benzene rings is 2. The molecular formula is C21H21F7O2. The molecule has 2 rings (SSSR count). The van der Waals surface area contributed by atoms with Gasteiger partial charge in [0.05, 0.1) is 11.7 Å². The van der Waals surface area contributed by atoms with Gasteiger partial charge in [0.1, 0.15) is 0 Å². The lowest BCUT2D eigenvalue weighted by atomic mass is 10.0. The molecule has 0 spiro atoms. The van der Waals surface area contributed by atoms with Crippen LogP contribution in [0.5, 0.6) is 5.75 Å². The molecule has 0 aromatic heterocycles. The minimum Gasteiger partial charge on any atom is -0.399 e. The summed E-state index contributed by atoms with van der Waals surface area (Å²) in [5.41, 5.74) is 0.0300. The van der Waals surface area contributed by atoms with Crippen LogP contribution in [0.15, 0.2) is 36.4 Å². The highest BCUT2D eigenvalue weighted by Gasteiger charge is 2.37. The number of aryl methyl sites for hydroxylation is 1. The summed E-state index contributed by atoms with van der Waals surface area (Å²) in [5.74, 6) is -5.03. The molecule has 1 unspecified atom stereocenters. The Labute approximate surface area is 169 Å². The maximum Gasteiger partial charge on any atom is 0.573 e. The van der Waals surface area contributed by atoms with Gasteiger partial charge in [-0.3, -0.25) is 0 Å². The van der Waals surface area contributed by atoms with Gasteiger partial charge in [0, 0.05) is 0 Å². The van der Waals surface area contributed by atoms with Gasteiger partial charge in [0.25, 0.3) is 0 Å². The highest BCUT2D eigenvalue weighted by Crippen LogP contribution is 2.37. The van der Waals surface area contributed by atoms with E-state index in [1.165, 1.54) is 12.1 Å². The quantitative estimate of drug-likeness (QED) is 0.300. The summed E-state index contributed by atoms with van der Waals surface area (Å²) in [7, 11) is 0. The SMILES string of the molecule is CCCCCc1ccc(C(F)(F)OC(C)c2cc(F)c(OC(F)(F)F)c(F)c2)cc1. The second-order valence-corrected chi connectivity index (χ2v) is 6.79. The first kappa shape index (κ1) is 24.0. The van der Waals surface area contributed by atoms with E-state index in [1.54, 1.807) is 12.1 Å². The first-order valence-electron chi connectivity index (χ1n) is 9.32. The Morgan fingerprint density at radius 3 is 1.97 bits per heavy atom. The van der Waals surface area contributed by atoms with Crippen LogP contribution < -0.4 is 4.74 Å². The van der Waals surface area contributed by atoms with Crippen molar-refractivity contribution in [3.8, 4) is 5.75 Å². The maximum atomic E-state index is 14.5. The van der Waals surface area contributed by atoms with E-state index in [0.29, 0.717) is 12.1 Å². The Bertz CT molecular complexity index is 809. The van der Waals surface area contributed by atoms with E-state index in [2.05, 4.69) is 16.4 Å². The normalized spacial score (nSPS) is 13.4. The van der Waals surface area contributed by atoms with Crippen molar-refractivity contribution in [2.45, 2.75) is 58.1 Å². The van der Waals surface area contributed by atoms with Crippen molar-refractivity contribution in [3.05, 3.63) is 64.7 Å². The molecule has 0 fully saturated rings. The Hall–Kier alpha value is -2.29. The van der Waals surface area contributed by atoms with E-state index < -0.39 is 47.1 Å². The monoisotopic (exact) mass is 438 g/mol. The highest BCUT2D eigenvalue weighted by atomic mass is 19.4. The van der Waals surface area contributed by atoms with Gasteiger partial charge in [-0.25, -0.2) is 8.78 Å². The highest BCUT2D eigenvalue weighted by molar-refractivity contribution is 5.33. The molecule has 1 atom stereocenters. The molecule has 2 aromatic carbocycles. The number of hydrogen-bond acceptors (Lipinski definition) is 2. The zero-order valence-corrected chi connectivity index (χ0v) is 16.3. The van der Waals surface area contributed by atoms with Crippen molar-refractivity contribution in [2.24, 2.45) is 0 Å².